The van der Waals surface area contributed by atoms with E-state index < -0.39 is 35.3 Å². The Morgan fingerprint density at radius 1 is 1.07 bits per heavy atom. The van der Waals surface area contributed by atoms with Crippen molar-refractivity contribution in [1.29, 1.82) is 0 Å². The number of benzene rings is 2. The molecule has 0 saturated carbocycles. The van der Waals surface area contributed by atoms with Gasteiger partial charge in [-0.2, -0.15) is 0 Å². The highest BCUT2D eigenvalue weighted by atomic mass is 32.2. The Labute approximate surface area is 265 Å². The minimum absolute atomic E-state index is 0.102. The molecule has 2 atom stereocenters. The Bertz CT molecular complexity index is 1680. The number of nitrogens with two attached hydrogens (primary N) is 1. The number of oxime groups is 1. The maximum atomic E-state index is 14.1. The number of hydrogen-bond acceptors (Lipinski definition) is 11. The first kappa shape index (κ1) is 29.6. The van der Waals surface area contributed by atoms with Crippen LogP contribution in [0.5, 0.6) is 0 Å². The van der Waals surface area contributed by atoms with E-state index in [4.69, 9.17) is 15.3 Å². The predicted octanol–water partition coefficient (Wildman–Crippen LogP) is 4.37. The van der Waals surface area contributed by atoms with E-state index in [2.05, 4.69) is 15.5 Å². The molecular weight excluding hydrogens is 619 g/mol. The van der Waals surface area contributed by atoms with E-state index in [1.54, 1.807) is 16.7 Å². The average molecular weight is 646 g/mol. The molecular formula is C31H27N5O5S3. The molecule has 224 valence electrons. The molecule has 0 spiro atoms. The van der Waals surface area contributed by atoms with E-state index in [0.717, 1.165) is 32.9 Å². The smallest absolute Gasteiger partial charge is 0.356 e. The van der Waals surface area contributed by atoms with Gasteiger partial charge in [0.1, 0.15) is 29.9 Å². The topological polar surface area (TPSA) is 136 Å². The molecule has 2 aliphatic rings. The number of thiazole rings is 1. The fraction of sp³-hybridized carbons (Fsp3) is 0.194. The average Bonchev–Trinajstić information content (AvgIpc) is 3.73. The van der Waals surface area contributed by atoms with Crippen LogP contribution < -0.4 is 11.1 Å². The summed E-state index contributed by atoms with van der Waals surface area (Å²) < 4.78 is 6.22. The molecule has 0 aliphatic carbocycles. The summed E-state index contributed by atoms with van der Waals surface area (Å²) in [6, 6.07) is 22.0. The molecule has 3 N–H and O–H groups in total. The number of carbonyl (C=O) groups excluding carboxylic acids is 3. The first-order valence-electron chi connectivity index (χ1n) is 13.6. The Morgan fingerprint density at radius 3 is 2.36 bits per heavy atom. The molecule has 4 aromatic rings. The zero-order chi connectivity index (χ0) is 30.6. The Balaban J connectivity index is 1.29. The van der Waals surface area contributed by atoms with Crippen LogP contribution in [0.4, 0.5) is 5.13 Å². The molecule has 44 heavy (non-hydrogen) atoms. The van der Waals surface area contributed by atoms with Crippen molar-refractivity contribution < 1.29 is 24.0 Å². The minimum Gasteiger partial charge on any atom is -0.448 e. The van der Waals surface area contributed by atoms with Crippen LogP contribution in [0.2, 0.25) is 0 Å². The lowest BCUT2D eigenvalue weighted by molar-refractivity contribution is -0.154. The van der Waals surface area contributed by atoms with E-state index in [9.17, 15) is 14.4 Å². The number of β-lactam (4-membered cyclic amide) rings is 1. The molecule has 2 unspecified atom stereocenters. The van der Waals surface area contributed by atoms with Crippen LogP contribution in [-0.4, -0.2) is 57.7 Å². The third kappa shape index (κ3) is 5.98. The van der Waals surface area contributed by atoms with Crippen LogP contribution >= 0.6 is 34.4 Å². The quantitative estimate of drug-likeness (QED) is 0.112. The van der Waals surface area contributed by atoms with Gasteiger partial charge in [0.25, 0.3) is 11.8 Å². The highest BCUT2D eigenvalue weighted by Gasteiger charge is 2.55. The maximum Gasteiger partial charge on any atom is 0.356 e. The first-order chi connectivity index (χ1) is 21.4. The lowest BCUT2D eigenvalue weighted by atomic mass is 9.99. The number of carbonyl (C=O) groups is 3. The van der Waals surface area contributed by atoms with Crippen LogP contribution in [0.3, 0.4) is 0 Å². The summed E-state index contributed by atoms with van der Waals surface area (Å²) in [7, 11) is 1.31. The Hall–Kier alpha value is -4.46. The number of thioether (sulfide) groups is 1. The van der Waals surface area contributed by atoms with Crippen LogP contribution in [-0.2, 0) is 30.4 Å². The number of fused-ring (bicyclic) bond motifs is 1. The van der Waals surface area contributed by atoms with Crippen molar-refractivity contribution >= 4 is 63.1 Å². The van der Waals surface area contributed by atoms with Gasteiger partial charge in [-0.05, 0) is 28.1 Å². The van der Waals surface area contributed by atoms with Crippen LogP contribution in [0.15, 0.2) is 100.0 Å². The van der Waals surface area contributed by atoms with Crippen LogP contribution in [0.1, 0.15) is 27.8 Å². The molecule has 2 aliphatic heterocycles. The molecule has 4 heterocycles. The lowest BCUT2D eigenvalue weighted by Gasteiger charge is -2.49. The van der Waals surface area contributed by atoms with Crippen molar-refractivity contribution in [3.05, 3.63) is 117 Å². The summed E-state index contributed by atoms with van der Waals surface area (Å²) in [5.41, 5.74) is 8.50. The van der Waals surface area contributed by atoms with E-state index in [1.165, 1.54) is 23.8 Å². The fourth-order valence-electron chi connectivity index (χ4n) is 5.08. The molecule has 1 saturated heterocycles. The molecule has 1 fully saturated rings. The lowest BCUT2D eigenvalue weighted by Crippen LogP contribution is -2.71. The van der Waals surface area contributed by atoms with E-state index in [0.29, 0.717) is 12.2 Å². The number of hydrogen-bond donors (Lipinski definition) is 2. The Morgan fingerprint density at radius 2 is 1.77 bits per heavy atom. The van der Waals surface area contributed by atoms with Crippen molar-refractivity contribution in [2.75, 3.05) is 18.6 Å². The number of nitrogens with zero attached hydrogens (tertiary/aromatic N) is 3. The second-order valence-electron chi connectivity index (χ2n) is 9.87. The summed E-state index contributed by atoms with van der Waals surface area (Å²) in [5.74, 6) is -1.18. The summed E-state index contributed by atoms with van der Waals surface area (Å²) in [4.78, 5) is 52.5. The van der Waals surface area contributed by atoms with Crippen molar-refractivity contribution in [1.82, 2.24) is 15.2 Å². The number of thiophene rings is 1. The molecule has 0 bridgehead atoms. The second-order valence-corrected chi connectivity index (χ2v) is 12.9. The van der Waals surface area contributed by atoms with Gasteiger partial charge in [0.2, 0.25) is 0 Å². The fourth-order valence-corrected chi connectivity index (χ4v) is 7.72. The molecule has 13 heteroatoms. The van der Waals surface area contributed by atoms with Crippen molar-refractivity contribution in [3.63, 3.8) is 0 Å². The number of amides is 2. The van der Waals surface area contributed by atoms with Gasteiger partial charge in [0.15, 0.2) is 16.9 Å². The molecule has 10 nitrogen and oxygen atoms in total. The van der Waals surface area contributed by atoms with Crippen molar-refractivity contribution in [2.45, 2.75) is 23.9 Å². The molecule has 0 radical (unpaired) electrons. The summed E-state index contributed by atoms with van der Waals surface area (Å²) in [5, 5.41) is 9.88. The molecule has 2 aromatic carbocycles. The minimum atomic E-state index is -0.893. The Kier molecular flexibility index (Phi) is 8.77. The normalized spacial score (nSPS) is 18.1. The van der Waals surface area contributed by atoms with Crippen LogP contribution in [0, 0.1) is 0 Å². The first-order valence-corrected chi connectivity index (χ1v) is 16.4. The largest absolute Gasteiger partial charge is 0.448 e. The van der Waals surface area contributed by atoms with Crippen molar-refractivity contribution in [2.24, 2.45) is 5.16 Å². The zero-order valence-corrected chi connectivity index (χ0v) is 25.9. The number of anilines is 1. The van der Waals surface area contributed by atoms with E-state index in [1.807, 2.05) is 78.2 Å². The van der Waals surface area contributed by atoms with Gasteiger partial charge in [-0.15, -0.1) is 34.4 Å². The number of nitrogens with one attached hydrogen (secondary N) is 1. The van der Waals surface area contributed by atoms with Crippen molar-refractivity contribution in [3.8, 4) is 0 Å². The third-order valence-corrected chi connectivity index (χ3v) is 9.98. The van der Waals surface area contributed by atoms with E-state index >= 15 is 0 Å². The van der Waals surface area contributed by atoms with Gasteiger partial charge >= 0.3 is 5.97 Å². The summed E-state index contributed by atoms with van der Waals surface area (Å²) in [6.45, 7) is 0. The highest BCUT2D eigenvalue weighted by Crippen LogP contribution is 2.42. The van der Waals surface area contributed by atoms with Gasteiger partial charge in [-0.1, -0.05) is 71.9 Å². The van der Waals surface area contributed by atoms with Gasteiger partial charge in [-0.25, -0.2) is 9.78 Å². The van der Waals surface area contributed by atoms with Gasteiger partial charge in [0.05, 0.1) is 0 Å². The number of rotatable bonds is 10. The third-order valence-electron chi connectivity index (χ3n) is 7.09. The van der Waals surface area contributed by atoms with Gasteiger partial charge < -0.3 is 20.6 Å². The highest BCUT2D eigenvalue weighted by molar-refractivity contribution is 8.00. The van der Waals surface area contributed by atoms with E-state index in [-0.39, 0.29) is 22.2 Å². The SMILES string of the molecule is CO/N=C(\C(=O)NC1C(=O)N2C(C(=O)OC(c3ccccc3)c3ccccc3)=C(Cc3cccs3)CSC12)c1csc(N)n1. The number of ether oxygens (including phenoxy) is 1. The number of esters is 1. The summed E-state index contributed by atoms with van der Waals surface area (Å²) in [6.07, 6.45) is -0.182. The van der Waals surface area contributed by atoms with Gasteiger partial charge in [0, 0.05) is 22.4 Å². The number of aromatic nitrogens is 1. The number of nitrogen functional groups attached to an aromatic ring is 1. The predicted molar refractivity (Wildman–Crippen MR) is 171 cm³/mol. The summed E-state index contributed by atoms with van der Waals surface area (Å²) >= 11 is 4.21. The molecule has 2 amide bonds. The van der Waals surface area contributed by atoms with Crippen LogP contribution in [0.25, 0.3) is 0 Å². The molecule has 6 rings (SSSR count). The van der Waals surface area contributed by atoms with Gasteiger partial charge in [-0.3, -0.25) is 14.5 Å². The standard InChI is InChI=1S/C31H27N5O5S3/c1-40-35-23(22-17-44-31(32)33-22)27(37)34-24-28(38)36-25(20(16-43-29(24)36)15-21-13-8-14-42-21)30(39)41-26(18-9-4-2-5-10-18)19-11-6-3-7-12-19/h2-14,17,24,26,29H,15-16H2,1H3,(H2,32,33)(H,34,37)/b35-23-. The monoisotopic (exact) mass is 645 g/mol. The molecule has 2 aromatic heterocycles. The maximum absolute atomic E-state index is 14.1. The zero-order valence-electron chi connectivity index (χ0n) is 23.4. The second kappa shape index (κ2) is 13.0.